The molecule has 1 aliphatic heterocycles. The van der Waals surface area contributed by atoms with Crippen LogP contribution in [-0.4, -0.2) is 31.8 Å². The number of sulfone groups is 1. The molecule has 0 spiro atoms. The lowest BCUT2D eigenvalue weighted by molar-refractivity contribution is 0.586. The van der Waals surface area contributed by atoms with Crippen LogP contribution in [0.5, 0.6) is 0 Å². The molecule has 0 saturated carbocycles. The average molecular weight is 322 g/mol. The molecule has 1 saturated heterocycles. The normalized spacial score (nSPS) is 21.9. The largest absolute Gasteiger partial charge is 0.314 e. The van der Waals surface area contributed by atoms with Gasteiger partial charge in [-0.2, -0.15) is 0 Å². The molecule has 0 aromatic heterocycles. The third kappa shape index (κ3) is 2.61. The molecule has 1 unspecified atom stereocenters. The van der Waals surface area contributed by atoms with Crippen molar-refractivity contribution >= 4 is 37.5 Å². The standard InChI is InChI=1S/C10H12BrNO2S2/c11-8-1-3-9(4-2-8)16(13,14)10-7-12-5-6-15-10/h1-4,10,12H,5-7H2. The second-order valence-corrected chi connectivity index (χ2v) is 8.16. The van der Waals surface area contributed by atoms with Gasteiger partial charge in [0.25, 0.3) is 0 Å². The minimum absolute atomic E-state index is 0.359. The van der Waals surface area contributed by atoms with Gasteiger partial charge in [0.05, 0.1) is 4.90 Å². The van der Waals surface area contributed by atoms with Crippen molar-refractivity contribution in [2.45, 2.75) is 9.48 Å². The smallest absolute Gasteiger partial charge is 0.191 e. The van der Waals surface area contributed by atoms with Crippen LogP contribution in [0.1, 0.15) is 0 Å². The Bertz CT molecular complexity index is 452. The molecule has 6 heteroatoms. The summed E-state index contributed by atoms with van der Waals surface area (Å²) in [6, 6.07) is 6.81. The zero-order chi connectivity index (χ0) is 11.6. The first kappa shape index (κ1) is 12.4. The molecule has 1 N–H and O–H groups in total. The number of halogens is 1. The molecule has 1 aromatic carbocycles. The van der Waals surface area contributed by atoms with Crippen LogP contribution in [0.15, 0.2) is 33.6 Å². The van der Waals surface area contributed by atoms with Crippen LogP contribution >= 0.6 is 27.7 Å². The highest BCUT2D eigenvalue weighted by Gasteiger charge is 2.29. The quantitative estimate of drug-likeness (QED) is 0.903. The summed E-state index contributed by atoms with van der Waals surface area (Å²) in [7, 11) is -3.20. The molecule has 0 aliphatic carbocycles. The molecule has 1 heterocycles. The van der Waals surface area contributed by atoms with E-state index in [0.717, 1.165) is 16.8 Å². The van der Waals surface area contributed by atoms with Crippen LogP contribution in [0.25, 0.3) is 0 Å². The second-order valence-electron chi connectivity index (χ2n) is 3.50. The van der Waals surface area contributed by atoms with Crippen LogP contribution in [0.4, 0.5) is 0 Å². The Morgan fingerprint density at radius 2 is 2.00 bits per heavy atom. The molecular weight excluding hydrogens is 310 g/mol. The van der Waals surface area contributed by atoms with Crippen molar-refractivity contribution in [2.75, 3.05) is 18.8 Å². The predicted molar refractivity (Wildman–Crippen MR) is 70.4 cm³/mol. The molecule has 1 fully saturated rings. The number of hydrogen-bond acceptors (Lipinski definition) is 4. The summed E-state index contributed by atoms with van der Waals surface area (Å²) in [6.07, 6.45) is 0. The number of rotatable bonds is 2. The van der Waals surface area contributed by atoms with Gasteiger partial charge in [-0.25, -0.2) is 8.42 Å². The van der Waals surface area contributed by atoms with E-state index < -0.39 is 9.84 Å². The zero-order valence-electron chi connectivity index (χ0n) is 8.52. The van der Waals surface area contributed by atoms with Crippen molar-refractivity contribution in [1.82, 2.24) is 5.32 Å². The van der Waals surface area contributed by atoms with E-state index >= 15 is 0 Å². The summed E-state index contributed by atoms with van der Waals surface area (Å²) >= 11 is 4.80. The highest BCUT2D eigenvalue weighted by molar-refractivity contribution is 9.10. The first-order valence-corrected chi connectivity index (χ1v) is 8.31. The zero-order valence-corrected chi connectivity index (χ0v) is 11.7. The van der Waals surface area contributed by atoms with E-state index in [4.69, 9.17) is 0 Å². The van der Waals surface area contributed by atoms with Gasteiger partial charge in [0.15, 0.2) is 9.84 Å². The van der Waals surface area contributed by atoms with E-state index in [0.29, 0.717) is 11.4 Å². The Hall–Kier alpha value is -0.0400. The SMILES string of the molecule is O=S(=O)(c1ccc(Br)cc1)C1CNCCS1. The maximum absolute atomic E-state index is 12.2. The van der Waals surface area contributed by atoms with Gasteiger partial charge >= 0.3 is 0 Å². The van der Waals surface area contributed by atoms with Gasteiger partial charge in [-0.15, -0.1) is 11.8 Å². The van der Waals surface area contributed by atoms with Crippen LogP contribution in [0.3, 0.4) is 0 Å². The lowest BCUT2D eigenvalue weighted by Gasteiger charge is -2.22. The summed E-state index contributed by atoms with van der Waals surface area (Å²) in [6.45, 7) is 1.42. The third-order valence-electron chi connectivity index (χ3n) is 2.38. The van der Waals surface area contributed by atoms with E-state index in [9.17, 15) is 8.42 Å². The van der Waals surface area contributed by atoms with Gasteiger partial charge in [0.1, 0.15) is 4.58 Å². The van der Waals surface area contributed by atoms with Crippen molar-refractivity contribution < 1.29 is 8.42 Å². The van der Waals surface area contributed by atoms with Gasteiger partial charge in [-0.05, 0) is 24.3 Å². The lowest BCUT2D eigenvalue weighted by Crippen LogP contribution is -2.37. The van der Waals surface area contributed by atoms with E-state index in [-0.39, 0.29) is 4.58 Å². The third-order valence-corrected chi connectivity index (χ3v) is 6.85. The van der Waals surface area contributed by atoms with Crippen LogP contribution in [0, 0.1) is 0 Å². The van der Waals surface area contributed by atoms with Gasteiger partial charge in [-0.3, -0.25) is 0 Å². The second kappa shape index (κ2) is 5.08. The topological polar surface area (TPSA) is 46.2 Å². The number of hydrogen-bond donors (Lipinski definition) is 1. The molecule has 3 nitrogen and oxygen atoms in total. The Kier molecular flexibility index (Phi) is 3.94. The van der Waals surface area contributed by atoms with Crippen molar-refractivity contribution in [1.29, 1.82) is 0 Å². The summed E-state index contributed by atoms with van der Waals surface area (Å²) in [4.78, 5) is 0.400. The minimum Gasteiger partial charge on any atom is -0.314 e. The van der Waals surface area contributed by atoms with Crippen LogP contribution in [0.2, 0.25) is 0 Å². The van der Waals surface area contributed by atoms with Crippen LogP contribution in [-0.2, 0) is 9.84 Å². The van der Waals surface area contributed by atoms with Crippen molar-refractivity contribution in [3.05, 3.63) is 28.7 Å². The fourth-order valence-electron chi connectivity index (χ4n) is 1.52. The molecule has 0 bridgehead atoms. The molecule has 1 atom stereocenters. The van der Waals surface area contributed by atoms with Crippen molar-refractivity contribution in [3.63, 3.8) is 0 Å². The molecule has 88 valence electrons. The Labute approximate surface area is 108 Å². The van der Waals surface area contributed by atoms with E-state index in [1.165, 1.54) is 11.8 Å². The molecule has 1 aliphatic rings. The Morgan fingerprint density at radius 3 is 2.56 bits per heavy atom. The van der Waals surface area contributed by atoms with Crippen molar-refractivity contribution in [3.8, 4) is 0 Å². The summed E-state index contributed by atoms with van der Waals surface area (Å²) < 4.78 is 25.0. The molecule has 0 amide bonds. The van der Waals surface area contributed by atoms with E-state index in [2.05, 4.69) is 21.2 Å². The predicted octanol–water partition coefficient (Wildman–Crippen LogP) is 1.89. The van der Waals surface area contributed by atoms with E-state index in [1.807, 2.05) is 0 Å². The number of benzene rings is 1. The van der Waals surface area contributed by atoms with Gasteiger partial charge in [-0.1, -0.05) is 15.9 Å². The number of thioether (sulfide) groups is 1. The highest BCUT2D eigenvalue weighted by atomic mass is 79.9. The average Bonchev–Trinajstić information content (AvgIpc) is 2.31. The van der Waals surface area contributed by atoms with Crippen LogP contribution < -0.4 is 5.32 Å². The highest BCUT2D eigenvalue weighted by Crippen LogP contribution is 2.26. The maximum atomic E-state index is 12.2. The Balaban J connectivity index is 2.27. The molecule has 1 aromatic rings. The van der Waals surface area contributed by atoms with Crippen molar-refractivity contribution in [2.24, 2.45) is 0 Å². The fourth-order valence-corrected chi connectivity index (χ4v) is 5.04. The maximum Gasteiger partial charge on any atom is 0.191 e. The minimum atomic E-state index is -3.20. The monoisotopic (exact) mass is 321 g/mol. The number of nitrogens with one attached hydrogen (secondary N) is 1. The van der Waals surface area contributed by atoms with Gasteiger partial charge < -0.3 is 5.32 Å². The molecule has 2 rings (SSSR count). The van der Waals surface area contributed by atoms with Gasteiger partial charge in [0.2, 0.25) is 0 Å². The van der Waals surface area contributed by atoms with E-state index in [1.54, 1.807) is 24.3 Å². The first-order valence-electron chi connectivity index (χ1n) is 4.92. The molecular formula is C10H12BrNO2S2. The molecule has 0 radical (unpaired) electrons. The fraction of sp³-hybridized carbons (Fsp3) is 0.400. The first-order chi connectivity index (χ1) is 7.60. The Morgan fingerprint density at radius 1 is 1.31 bits per heavy atom. The summed E-state index contributed by atoms with van der Waals surface area (Å²) in [5.74, 6) is 0.848. The lowest BCUT2D eigenvalue weighted by atomic mass is 10.4. The molecule has 16 heavy (non-hydrogen) atoms. The summed E-state index contributed by atoms with van der Waals surface area (Å²) in [5, 5.41) is 3.11. The summed E-state index contributed by atoms with van der Waals surface area (Å²) in [5.41, 5.74) is 0. The van der Waals surface area contributed by atoms with Gasteiger partial charge in [0, 0.05) is 23.3 Å².